The van der Waals surface area contributed by atoms with E-state index >= 15 is 0 Å². The summed E-state index contributed by atoms with van der Waals surface area (Å²) in [6.07, 6.45) is 2.27. The van der Waals surface area contributed by atoms with Crippen molar-refractivity contribution in [1.82, 2.24) is 5.32 Å². The van der Waals surface area contributed by atoms with Crippen LogP contribution in [0.1, 0.15) is 30.1 Å². The van der Waals surface area contributed by atoms with E-state index in [1.807, 2.05) is 6.92 Å². The van der Waals surface area contributed by atoms with Gasteiger partial charge in [0, 0.05) is 6.04 Å². The van der Waals surface area contributed by atoms with Crippen LogP contribution in [0.4, 0.5) is 4.39 Å². The molecule has 1 aromatic rings. The van der Waals surface area contributed by atoms with Gasteiger partial charge in [0.05, 0.1) is 5.56 Å². The normalized spacial score (nSPS) is 15.7. The third-order valence-electron chi connectivity index (χ3n) is 3.13. The van der Waals surface area contributed by atoms with E-state index in [9.17, 15) is 14.0 Å². The van der Waals surface area contributed by atoms with Gasteiger partial charge in [0.1, 0.15) is 5.82 Å². The van der Waals surface area contributed by atoms with E-state index in [4.69, 9.17) is 4.74 Å². The van der Waals surface area contributed by atoms with Crippen molar-refractivity contribution in [1.29, 1.82) is 0 Å². The van der Waals surface area contributed by atoms with Gasteiger partial charge in [-0.1, -0.05) is 0 Å². The number of carbonyl (C=O) groups is 2. The molecule has 1 atom stereocenters. The van der Waals surface area contributed by atoms with Crippen LogP contribution in [-0.4, -0.2) is 24.5 Å². The number of ether oxygens (including phenoxy) is 1. The fraction of sp³-hybridized carbons (Fsp3) is 0.429. The van der Waals surface area contributed by atoms with Crippen LogP contribution in [0, 0.1) is 11.7 Å². The van der Waals surface area contributed by atoms with Crippen molar-refractivity contribution in [3.8, 4) is 0 Å². The first-order valence-electron chi connectivity index (χ1n) is 6.28. The summed E-state index contributed by atoms with van der Waals surface area (Å²) < 4.78 is 17.5. The molecule has 1 N–H and O–H groups in total. The summed E-state index contributed by atoms with van der Waals surface area (Å²) in [5.74, 6) is -0.812. The predicted molar refractivity (Wildman–Crippen MR) is 67.0 cm³/mol. The number of benzene rings is 1. The molecule has 1 aliphatic carbocycles. The Morgan fingerprint density at radius 3 is 2.58 bits per heavy atom. The lowest BCUT2D eigenvalue weighted by atomic mass is 10.2. The molecule has 1 fully saturated rings. The molecule has 0 spiro atoms. The molecule has 0 aliphatic heterocycles. The van der Waals surface area contributed by atoms with Crippen LogP contribution >= 0.6 is 0 Å². The quantitative estimate of drug-likeness (QED) is 0.827. The number of carbonyl (C=O) groups excluding carboxylic acids is 2. The minimum atomic E-state index is -0.630. The van der Waals surface area contributed by atoms with Crippen LogP contribution in [-0.2, 0) is 9.53 Å². The standard InChI is InChI=1S/C14H16FNO3/c1-9(10-2-3-10)16-13(17)8-19-14(18)11-4-6-12(15)7-5-11/h4-7,9-10H,2-3,8H2,1H3,(H,16,17)/t9-/m1/s1. The van der Waals surface area contributed by atoms with Crippen molar-refractivity contribution >= 4 is 11.9 Å². The summed E-state index contributed by atoms with van der Waals surface area (Å²) in [5, 5.41) is 2.78. The molecule has 0 aromatic heterocycles. The fourth-order valence-electron chi connectivity index (χ4n) is 1.81. The van der Waals surface area contributed by atoms with Crippen molar-refractivity contribution in [2.75, 3.05) is 6.61 Å². The van der Waals surface area contributed by atoms with Gasteiger partial charge < -0.3 is 10.1 Å². The zero-order chi connectivity index (χ0) is 13.8. The second-order valence-corrected chi connectivity index (χ2v) is 4.78. The number of nitrogens with one attached hydrogen (secondary N) is 1. The Hall–Kier alpha value is -1.91. The van der Waals surface area contributed by atoms with Gasteiger partial charge in [0.25, 0.3) is 5.91 Å². The molecule has 0 unspecified atom stereocenters. The maximum absolute atomic E-state index is 12.7. The number of rotatable bonds is 5. The van der Waals surface area contributed by atoms with Crippen molar-refractivity contribution in [3.05, 3.63) is 35.6 Å². The third kappa shape index (κ3) is 4.05. The van der Waals surface area contributed by atoms with Crippen LogP contribution in [0.25, 0.3) is 0 Å². The minimum absolute atomic E-state index is 0.122. The lowest BCUT2D eigenvalue weighted by Crippen LogP contribution is -2.37. The highest BCUT2D eigenvalue weighted by Gasteiger charge is 2.28. The molecule has 1 aliphatic rings. The molecule has 1 saturated carbocycles. The molecule has 1 amide bonds. The molecular formula is C14H16FNO3. The lowest BCUT2D eigenvalue weighted by Gasteiger charge is -2.12. The molecule has 19 heavy (non-hydrogen) atoms. The first kappa shape index (κ1) is 13.5. The monoisotopic (exact) mass is 265 g/mol. The van der Waals surface area contributed by atoms with E-state index in [1.165, 1.54) is 24.3 Å². The van der Waals surface area contributed by atoms with E-state index in [1.54, 1.807) is 0 Å². The van der Waals surface area contributed by atoms with Gasteiger partial charge in [-0.15, -0.1) is 0 Å². The summed E-state index contributed by atoms with van der Waals surface area (Å²) in [6, 6.07) is 5.11. The second-order valence-electron chi connectivity index (χ2n) is 4.78. The highest BCUT2D eigenvalue weighted by atomic mass is 19.1. The van der Waals surface area contributed by atoms with Crippen LogP contribution in [0.5, 0.6) is 0 Å². The van der Waals surface area contributed by atoms with Crippen LogP contribution < -0.4 is 5.32 Å². The lowest BCUT2D eigenvalue weighted by molar-refractivity contribution is -0.124. The Labute approximate surface area is 110 Å². The zero-order valence-corrected chi connectivity index (χ0v) is 10.7. The molecular weight excluding hydrogens is 249 g/mol. The number of esters is 1. The summed E-state index contributed by atoms with van der Waals surface area (Å²) >= 11 is 0. The van der Waals surface area contributed by atoms with E-state index in [-0.39, 0.29) is 24.1 Å². The van der Waals surface area contributed by atoms with Gasteiger partial charge in [-0.05, 0) is 49.9 Å². The number of hydrogen-bond donors (Lipinski definition) is 1. The van der Waals surface area contributed by atoms with Crippen LogP contribution in [0.2, 0.25) is 0 Å². The number of hydrogen-bond acceptors (Lipinski definition) is 3. The van der Waals surface area contributed by atoms with E-state index in [0.717, 1.165) is 12.8 Å². The molecule has 0 bridgehead atoms. The highest BCUT2D eigenvalue weighted by molar-refractivity contribution is 5.91. The summed E-state index contributed by atoms with van der Waals surface area (Å²) in [4.78, 5) is 23.1. The van der Waals surface area contributed by atoms with Crippen molar-refractivity contribution in [3.63, 3.8) is 0 Å². The van der Waals surface area contributed by atoms with Crippen molar-refractivity contribution < 1.29 is 18.7 Å². The van der Waals surface area contributed by atoms with Gasteiger partial charge in [0.2, 0.25) is 0 Å². The molecule has 0 saturated heterocycles. The number of halogens is 1. The first-order valence-corrected chi connectivity index (χ1v) is 6.28. The summed E-state index contributed by atoms with van der Waals surface area (Å²) in [7, 11) is 0. The van der Waals surface area contributed by atoms with Crippen molar-refractivity contribution in [2.45, 2.75) is 25.8 Å². The number of amides is 1. The molecule has 2 rings (SSSR count). The van der Waals surface area contributed by atoms with E-state index in [0.29, 0.717) is 5.92 Å². The molecule has 5 heteroatoms. The second kappa shape index (κ2) is 5.82. The van der Waals surface area contributed by atoms with Gasteiger partial charge in [0.15, 0.2) is 6.61 Å². The van der Waals surface area contributed by atoms with Gasteiger partial charge in [-0.2, -0.15) is 0 Å². The Morgan fingerprint density at radius 1 is 1.37 bits per heavy atom. The van der Waals surface area contributed by atoms with E-state index in [2.05, 4.69) is 5.32 Å². The van der Waals surface area contributed by atoms with E-state index < -0.39 is 11.8 Å². The highest BCUT2D eigenvalue weighted by Crippen LogP contribution is 2.32. The predicted octanol–water partition coefficient (Wildman–Crippen LogP) is 1.90. The smallest absolute Gasteiger partial charge is 0.338 e. The van der Waals surface area contributed by atoms with Crippen LogP contribution in [0.15, 0.2) is 24.3 Å². The average molecular weight is 265 g/mol. The van der Waals surface area contributed by atoms with Crippen LogP contribution in [0.3, 0.4) is 0 Å². The first-order chi connectivity index (χ1) is 9.06. The minimum Gasteiger partial charge on any atom is -0.452 e. The maximum atomic E-state index is 12.7. The third-order valence-corrected chi connectivity index (χ3v) is 3.13. The molecule has 0 heterocycles. The van der Waals surface area contributed by atoms with Gasteiger partial charge >= 0.3 is 5.97 Å². The molecule has 0 radical (unpaired) electrons. The summed E-state index contributed by atoms with van der Waals surface area (Å²) in [5.41, 5.74) is 0.226. The molecule has 1 aromatic carbocycles. The zero-order valence-electron chi connectivity index (χ0n) is 10.7. The Morgan fingerprint density at radius 2 is 2.00 bits per heavy atom. The Kier molecular flexibility index (Phi) is 4.14. The van der Waals surface area contributed by atoms with Crippen molar-refractivity contribution in [2.24, 2.45) is 5.92 Å². The Bertz CT molecular complexity index is 468. The van der Waals surface area contributed by atoms with Gasteiger partial charge in [-0.25, -0.2) is 9.18 Å². The SMILES string of the molecule is C[C@@H](NC(=O)COC(=O)c1ccc(F)cc1)C1CC1. The topological polar surface area (TPSA) is 55.4 Å². The fourth-order valence-corrected chi connectivity index (χ4v) is 1.81. The summed E-state index contributed by atoms with van der Waals surface area (Å²) in [6.45, 7) is 1.63. The average Bonchev–Trinajstić information content (AvgIpc) is 3.21. The molecule has 102 valence electrons. The molecule has 4 nitrogen and oxygen atoms in total. The Balaban J connectivity index is 1.76. The maximum Gasteiger partial charge on any atom is 0.338 e. The van der Waals surface area contributed by atoms with Gasteiger partial charge in [-0.3, -0.25) is 4.79 Å². The largest absolute Gasteiger partial charge is 0.452 e.